The third-order valence-corrected chi connectivity index (χ3v) is 3.03. The van der Waals surface area contributed by atoms with Gasteiger partial charge >= 0.3 is 5.97 Å². The van der Waals surface area contributed by atoms with Crippen molar-refractivity contribution in [3.63, 3.8) is 0 Å². The Morgan fingerprint density at radius 2 is 1.38 bits per heavy atom. The van der Waals surface area contributed by atoms with Crippen molar-refractivity contribution in [2.45, 2.75) is 19.1 Å². The Bertz CT molecular complexity index is 607. The summed E-state index contributed by atoms with van der Waals surface area (Å²) in [7, 11) is 0. The van der Waals surface area contributed by atoms with Crippen molar-refractivity contribution in [1.29, 1.82) is 0 Å². The lowest BCUT2D eigenvalue weighted by Crippen LogP contribution is -2.24. The molecule has 2 aromatic carbocycles. The summed E-state index contributed by atoms with van der Waals surface area (Å²) < 4.78 is 5.09. The number of carbonyl (C=O) groups is 2. The molecule has 21 heavy (non-hydrogen) atoms. The summed E-state index contributed by atoms with van der Waals surface area (Å²) in [5, 5.41) is 10.2. The highest BCUT2D eigenvalue weighted by atomic mass is 16.5. The van der Waals surface area contributed by atoms with E-state index < -0.39 is 24.0 Å². The molecule has 4 nitrogen and oxygen atoms in total. The van der Waals surface area contributed by atoms with E-state index in [1.54, 1.807) is 60.7 Å². The average molecular weight is 284 g/mol. The molecule has 0 fully saturated rings. The fourth-order valence-electron chi connectivity index (χ4n) is 2.03. The van der Waals surface area contributed by atoms with Gasteiger partial charge in [-0.25, -0.2) is 0 Å². The van der Waals surface area contributed by atoms with E-state index in [-0.39, 0.29) is 0 Å². The highest BCUT2D eigenvalue weighted by Gasteiger charge is 2.30. The number of hydrogen-bond acceptors (Lipinski definition) is 4. The van der Waals surface area contributed by atoms with Gasteiger partial charge in [-0.1, -0.05) is 60.7 Å². The van der Waals surface area contributed by atoms with Crippen molar-refractivity contribution >= 4 is 11.8 Å². The molecule has 0 radical (unpaired) electrons. The Morgan fingerprint density at radius 1 is 0.905 bits per heavy atom. The summed E-state index contributed by atoms with van der Waals surface area (Å²) in [5.41, 5.74) is 1.00. The van der Waals surface area contributed by atoms with Crippen molar-refractivity contribution in [2.24, 2.45) is 0 Å². The number of benzene rings is 2. The first-order valence-electron chi connectivity index (χ1n) is 6.58. The molecule has 0 aliphatic rings. The molecule has 0 saturated heterocycles. The van der Waals surface area contributed by atoms with E-state index in [1.807, 2.05) is 0 Å². The van der Waals surface area contributed by atoms with Gasteiger partial charge in [0.1, 0.15) is 6.10 Å². The monoisotopic (exact) mass is 284 g/mol. The molecular weight excluding hydrogens is 268 g/mol. The minimum atomic E-state index is -1.34. The predicted octanol–water partition coefficient (Wildman–Crippen LogP) is 2.59. The molecule has 2 atom stereocenters. The van der Waals surface area contributed by atoms with E-state index in [0.717, 1.165) is 0 Å². The molecule has 0 saturated carbocycles. The van der Waals surface area contributed by atoms with Crippen LogP contribution in [0, 0.1) is 0 Å². The maximum absolute atomic E-state index is 12.5. The number of carbonyl (C=O) groups excluding carboxylic acids is 2. The molecule has 2 rings (SSSR count). The Hall–Kier alpha value is -2.46. The number of esters is 1. The third kappa shape index (κ3) is 3.77. The molecule has 0 amide bonds. The van der Waals surface area contributed by atoms with Crippen LogP contribution >= 0.6 is 0 Å². The van der Waals surface area contributed by atoms with Crippen LogP contribution in [0.2, 0.25) is 0 Å². The molecule has 0 aliphatic heterocycles. The number of aliphatic hydroxyl groups is 1. The largest absolute Gasteiger partial charge is 0.449 e. The van der Waals surface area contributed by atoms with Gasteiger partial charge in [-0.3, -0.25) is 9.59 Å². The molecule has 4 heteroatoms. The Balaban J connectivity index is 2.28. The summed E-state index contributed by atoms with van der Waals surface area (Å²) in [6.45, 7) is 1.23. The Morgan fingerprint density at radius 3 is 1.86 bits per heavy atom. The summed E-state index contributed by atoms with van der Waals surface area (Å²) in [5.74, 6) is -1.14. The standard InChI is InChI=1S/C17H16O4/c1-12(18)21-17(14-10-6-3-7-11-14)16(20)15(19)13-8-4-2-5-9-13/h2-11,15,17,19H,1H3. The highest BCUT2D eigenvalue weighted by molar-refractivity contribution is 5.90. The van der Waals surface area contributed by atoms with Gasteiger partial charge < -0.3 is 9.84 Å². The highest BCUT2D eigenvalue weighted by Crippen LogP contribution is 2.26. The van der Waals surface area contributed by atoms with E-state index in [1.165, 1.54) is 6.92 Å². The summed E-state index contributed by atoms with van der Waals surface area (Å²) >= 11 is 0. The molecule has 0 aliphatic carbocycles. The summed E-state index contributed by atoms with van der Waals surface area (Å²) in [4.78, 5) is 23.7. The van der Waals surface area contributed by atoms with Crippen molar-refractivity contribution < 1.29 is 19.4 Å². The number of rotatable bonds is 5. The van der Waals surface area contributed by atoms with E-state index in [0.29, 0.717) is 11.1 Å². The quantitative estimate of drug-likeness (QED) is 0.857. The average Bonchev–Trinajstić information content (AvgIpc) is 2.53. The van der Waals surface area contributed by atoms with Crippen molar-refractivity contribution in [3.8, 4) is 0 Å². The fourth-order valence-corrected chi connectivity index (χ4v) is 2.03. The van der Waals surface area contributed by atoms with E-state index in [4.69, 9.17) is 4.74 Å². The maximum Gasteiger partial charge on any atom is 0.303 e. The van der Waals surface area contributed by atoms with Crippen LogP contribution in [-0.2, 0) is 14.3 Å². The van der Waals surface area contributed by atoms with Crippen LogP contribution in [0.25, 0.3) is 0 Å². The molecular formula is C17H16O4. The summed E-state index contributed by atoms with van der Waals surface area (Å²) in [6.07, 6.45) is -2.45. The number of aliphatic hydroxyl groups excluding tert-OH is 1. The first-order valence-corrected chi connectivity index (χ1v) is 6.58. The third-order valence-electron chi connectivity index (χ3n) is 3.03. The van der Waals surface area contributed by atoms with Crippen LogP contribution in [0.15, 0.2) is 60.7 Å². The topological polar surface area (TPSA) is 63.6 Å². The van der Waals surface area contributed by atoms with Crippen LogP contribution in [0.4, 0.5) is 0 Å². The molecule has 2 aromatic rings. The van der Waals surface area contributed by atoms with Crippen LogP contribution < -0.4 is 0 Å². The first kappa shape index (κ1) is 14.9. The SMILES string of the molecule is CC(=O)OC(C(=O)C(O)c1ccccc1)c1ccccc1. The second-order valence-corrected chi connectivity index (χ2v) is 4.62. The summed E-state index contributed by atoms with van der Waals surface area (Å²) in [6, 6.07) is 17.2. The van der Waals surface area contributed by atoms with E-state index >= 15 is 0 Å². The molecule has 0 bridgehead atoms. The van der Waals surface area contributed by atoms with Gasteiger partial charge in [-0.2, -0.15) is 0 Å². The minimum absolute atomic E-state index is 0.468. The fraction of sp³-hybridized carbons (Fsp3) is 0.176. The second kappa shape index (κ2) is 6.81. The zero-order valence-electron chi connectivity index (χ0n) is 11.6. The molecule has 0 heterocycles. The molecule has 0 aromatic heterocycles. The number of Topliss-reactive ketones (excluding diaryl/α,β-unsaturated/α-hetero) is 1. The first-order chi connectivity index (χ1) is 10.1. The number of hydrogen-bond donors (Lipinski definition) is 1. The second-order valence-electron chi connectivity index (χ2n) is 4.62. The molecule has 1 N–H and O–H groups in total. The van der Waals surface area contributed by atoms with Gasteiger partial charge in [0, 0.05) is 12.5 Å². The Labute approximate surface area is 123 Å². The van der Waals surface area contributed by atoms with Gasteiger partial charge in [-0.15, -0.1) is 0 Å². The lowest BCUT2D eigenvalue weighted by Gasteiger charge is -2.19. The van der Waals surface area contributed by atoms with E-state index in [9.17, 15) is 14.7 Å². The van der Waals surface area contributed by atoms with Crippen molar-refractivity contribution in [2.75, 3.05) is 0 Å². The van der Waals surface area contributed by atoms with Crippen LogP contribution in [0.1, 0.15) is 30.3 Å². The molecule has 2 unspecified atom stereocenters. The van der Waals surface area contributed by atoms with Crippen LogP contribution in [0.5, 0.6) is 0 Å². The number of ether oxygens (including phenoxy) is 1. The van der Waals surface area contributed by atoms with Gasteiger partial charge in [0.05, 0.1) is 0 Å². The van der Waals surface area contributed by atoms with Crippen molar-refractivity contribution in [3.05, 3.63) is 71.8 Å². The van der Waals surface area contributed by atoms with Crippen LogP contribution in [0.3, 0.4) is 0 Å². The molecule has 108 valence electrons. The molecule has 0 spiro atoms. The normalized spacial score (nSPS) is 13.2. The zero-order chi connectivity index (χ0) is 15.2. The lowest BCUT2D eigenvalue weighted by molar-refractivity contribution is -0.157. The maximum atomic E-state index is 12.5. The van der Waals surface area contributed by atoms with Gasteiger partial charge in [-0.05, 0) is 5.56 Å². The van der Waals surface area contributed by atoms with Gasteiger partial charge in [0.15, 0.2) is 6.10 Å². The predicted molar refractivity (Wildman–Crippen MR) is 77.4 cm³/mol. The lowest BCUT2D eigenvalue weighted by atomic mass is 9.97. The van der Waals surface area contributed by atoms with E-state index in [2.05, 4.69) is 0 Å². The van der Waals surface area contributed by atoms with Gasteiger partial charge in [0.25, 0.3) is 0 Å². The smallest absolute Gasteiger partial charge is 0.303 e. The zero-order valence-corrected chi connectivity index (χ0v) is 11.6. The van der Waals surface area contributed by atoms with Crippen molar-refractivity contribution in [1.82, 2.24) is 0 Å². The Kier molecular flexibility index (Phi) is 4.85. The number of ketones is 1. The minimum Gasteiger partial charge on any atom is -0.449 e. The van der Waals surface area contributed by atoms with Gasteiger partial charge in [0.2, 0.25) is 5.78 Å². The van der Waals surface area contributed by atoms with Crippen LogP contribution in [-0.4, -0.2) is 16.9 Å².